The van der Waals surface area contributed by atoms with E-state index in [1.165, 1.54) is 15.0 Å². The van der Waals surface area contributed by atoms with Crippen LogP contribution in [-0.4, -0.2) is 45.3 Å². The van der Waals surface area contributed by atoms with Gasteiger partial charge in [-0.2, -0.15) is 0 Å². The second-order valence-corrected chi connectivity index (χ2v) is 8.78. The summed E-state index contributed by atoms with van der Waals surface area (Å²) in [6, 6.07) is 14.0. The van der Waals surface area contributed by atoms with Crippen LogP contribution in [0, 0.1) is 0 Å². The van der Waals surface area contributed by atoms with E-state index in [0.29, 0.717) is 12.0 Å². The maximum Gasteiger partial charge on any atom is 0.121 e. The van der Waals surface area contributed by atoms with Crippen molar-refractivity contribution in [2.45, 2.75) is 50.6 Å². The quantitative estimate of drug-likeness (QED) is 0.514. The summed E-state index contributed by atoms with van der Waals surface area (Å²) in [6.07, 6.45) is -1.99. The summed E-state index contributed by atoms with van der Waals surface area (Å²) in [5, 5.41) is 41.9. The Kier molecular flexibility index (Phi) is 5.90. The SMILES string of the molecule is CCc1cc(O)c([C@@H]2O[C@H](CO)C[C@H](O)[C@H]2O)cc1Cc1cc2ccccc2s1. The number of rotatable bonds is 5. The first-order valence-corrected chi connectivity index (χ1v) is 10.8. The smallest absolute Gasteiger partial charge is 0.121 e. The van der Waals surface area contributed by atoms with Gasteiger partial charge in [0.15, 0.2) is 0 Å². The third kappa shape index (κ3) is 4.04. The monoisotopic (exact) mass is 414 g/mol. The van der Waals surface area contributed by atoms with Gasteiger partial charge in [0.1, 0.15) is 18.0 Å². The van der Waals surface area contributed by atoms with Gasteiger partial charge in [-0.25, -0.2) is 0 Å². The molecule has 1 fully saturated rings. The molecule has 1 aromatic heterocycles. The summed E-state index contributed by atoms with van der Waals surface area (Å²) in [5.41, 5.74) is 2.54. The van der Waals surface area contributed by atoms with Crippen LogP contribution in [0.1, 0.15) is 41.0 Å². The maximum absolute atomic E-state index is 10.6. The Balaban J connectivity index is 1.70. The highest BCUT2D eigenvalue weighted by molar-refractivity contribution is 7.19. The highest BCUT2D eigenvalue weighted by atomic mass is 32.1. The lowest BCUT2D eigenvalue weighted by molar-refractivity contribution is -0.180. The molecule has 2 aromatic carbocycles. The molecule has 0 radical (unpaired) electrons. The molecule has 0 unspecified atom stereocenters. The molecule has 0 saturated carbocycles. The number of phenolic OH excluding ortho intramolecular Hbond substituents is 1. The van der Waals surface area contributed by atoms with Gasteiger partial charge in [0.2, 0.25) is 0 Å². The molecule has 6 heteroatoms. The van der Waals surface area contributed by atoms with Gasteiger partial charge in [-0.3, -0.25) is 0 Å². The molecule has 154 valence electrons. The molecule has 1 saturated heterocycles. The van der Waals surface area contributed by atoms with Crippen molar-refractivity contribution in [1.82, 2.24) is 0 Å². The maximum atomic E-state index is 10.6. The molecule has 0 aliphatic carbocycles. The molecular weight excluding hydrogens is 388 g/mol. The minimum absolute atomic E-state index is 0.0387. The van der Waals surface area contributed by atoms with Gasteiger partial charge in [-0.15, -0.1) is 11.3 Å². The van der Waals surface area contributed by atoms with Crippen LogP contribution in [0.4, 0.5) is 0 Å². The van der Waals surface area contributed by atoms with Crippen LogP contribution in [0.15, 0.2) is 42.5 Å². The Morgan fingerprint density at radius 3 is 2.62 bits per heavy atom. The number of aromatic hydroxyl groups is 1. The first kappa shape index (κ1) is 20.3. The molecule has 2 heterocycles. The van der Waals surface area contributed by atoms with Crippen LogP contribution in [0.5, 0.6) is 5.75 Å². The average molecular weight is 415 g/mol. The van der Waals surface area contributed by atoms with Crippen molar-refractivity contribution >= 4 is 21.4 Å². The van der Waals surface area contributed by atoms with Crippen molar-refractivity contribution in [1.29, 1.82) is 0 Å². The van der Waals surface area contributed by atoms with Crippen LogP contribution in [0.25, 0.3) is 10.1 Å². The van der Waals surface area contributed by atoms with Gasteiger partial charge in [0.25, 0.3) is 0 Å². The lowest BCUT2D eigenvalue weighted by Crippen LogP contribution is -2.44. The van der Waals surface area contributed by atoms with Gasteiger partial charge in [0.05, 0.1) is 18.8 Å². The molecule has 29 heavy (non-hydrogen) atoms. The van der Waals surface area contributed by atoms with Crippen molar-refractivity contribution in [2.24, 2.45) is 0 Å². The number of aliphatic hydroxyl groups excluding tert-OH is 3. The van der Waals surface area contributed by atoms with E-state index < -0.39 is 24.4 Å². The molecule has 3 aromatic rings. The second kappa shape index (κ2) is 8.42. The fourth-order valence-electron chi connectivity index (χ4n) is 4.06. The van der Waals surface area contributed by atoms with Crippen LogP contribution >= 0.6 is 11.3 Å². The Morgan fingerprint density at radius 1 is 1.10 bits per heavy atom. The summed E-state index contributed by atoms with van der Waals surface area (Å²) in [7, 11) is 0. The predicted molar refractivity (Wildman–Crippen MR) is 113 cm³/mol. The minimum atomic E-state index is -1.16. The van der Waals surface area contributed by atoms with Crippen LogP contribution in [0.3, 0.4) is 0 Å². The molecule has 5 nitrogen and oxygen atoms in total. The zero-order valence-corrected chi connectivity index (χ0v) is 17.1. The van der Waals surface area contributed by atoms with Crippen molar-refractivity contribution in [3.63, 3.8) is 0 Å². The summed E-state index contributed by atoms with van der Waals surface area (Å²) in [5.74, 6) is 0.0387. The zero-order valence-electron chi connectivity index (χ0n) is 16.3. The van der Waals surface area contributed by atoms with E-state index in [4.69, 9.17) is 4.74 Å². The molecule has 1 aliphatic heterocycles. The number of hydrogen-bond acceptors (Lipinski definition) is 6. The summed E-state index contributed by atoms with van der Waals surface area (Å²) < 4.78 is 7.03. The van der Waals surface area contributed by atoms with Gasteiger partial charge >= 0.3 is 0 Å². The standard InChI is InChI=1S/C23H26O5S/c1-2-13-10-19(25)18(23-22(27)20(26)11-16(12-24)28-23)9-15(13)8-17-7-14-5-3-4-6-21(14)29-17/h3-7,9-10,16,20,22-27H,2,8,11-12H2,1H3/t16-,20-,22+,23-/m0/s1. The molecule has 4 atom stereocenters. The Hall–Kier alpha value is -1.96. The predicted octanol–water partition coefficient (Wildman–Crippen LogP) is 3.30. The Labute approximate surface area is 173 Å². The van der Waals surface area contributed by atoms with E-state index in [-0.39, 0.29) is 18.8 Å². The molecule has 4 N–H and O–H groups in total. The number of aliphatic hydroxyl groups is 3. The van der Waals surface area contributed by atoms with E-state index in [2.05, 4.69) is 18.2 Å². The molecule has 4 rings (SSSR count). The Morgan fingerprint density at radius 2 is 1.90 bits per heavy atom. The van der Waals surface area contributed by atoms with E-state index in [0.717, 1.165) is 17.5 Å². The number of phenols is 1. The molecule has 0 spiro atoms. The lowest BCUT2D eigenvalue weighted by Gasteiger charge is -2.37. The average Bonchev–Trinajstić information content (AvgIpc) is 3.13. The molecule has 0 bridgehead atoms. The van der Waals surface area contributed by atoms with Gasteiger partial charge < -0.3 is 25.2 Å². The van der Waals surface area contributed by atoms with Crippen molar-refractivity contribution in [3.8, 4) is 5.75 Å². The fourth-order valence-corrected chi connectivity index (χ4v) is 5.14. The van der Waals surface area contributed by atoms with E-state index in [9.17, 15) is 20.4 Å². The van der Waals surface area contributed by atoms with Crippen molar-refractivity contribution in [3.05, 3.63) is 64.0 Å². The van der Waals surface area contributed by atoms with E-state index >= 15 is 0 Å². The highest BCUT2D eigenvalue weighted by Crippen LogP contribution is 2.39. The molecular formula is C23H26O5S. The van der Waals surface area contributed by atoms with Gasteiger partial charge in [0, 0.05) is 28.0 Å². The second-order valence-electron chi connectivity index (χ2n) is 7.62. The van der Waals surface area contributed by atoms with Gasteiger partial charge in [-0.1, -0.05) is 25.1 Å². The van der Waals surface area contributed by atoms with E-state index in [1.807, 2.05) is 25.1 Å². The zero-order chi connectivity index (χ0) is 20.5. The number of thiophene rings is 1. The topological polar surface area (TPSA) is 90.2 Å². The van der Waals surface area contributed by atoms with Crippen molar-refractivity contribution < 1.29 is 25.2 Å². The van der Waals surface area contributed by atoms with E-state index in [1.54, 1.807) is 17.4 Å². The fraction of sp³-hybridized carbons (Fsp3) is 0.391. The first-order valence-electron chi connectivity index (χ1n) is 9.94. The van der Waals surface area contributed by atoms with Crippen molar-refractivity contribution in [2.75, 3.05) is 6.61 Å². The first-order chi connectivity index (χ1) is 14.0. The van der Waals surface area contributed by atoms with Crippen LogP contribution in [-0.2, 0) is 17.6 Å². The number of benzene rings is 2. The highest BCUT2D eigenvalue weighted by Gasteiger charge is 2.38. The van der Waals surface area contributed by atoms with Crippen LogP contribution < -0.4 is 0 Å². The lowest BCUT2D eigenvalue weighted by atomic mass is 9.89. The minimum Gasteiger partial charge on any atom is -0.508 e. The molecule has 0 amide bonds. The summed E-state index contributed by atoms with van der Waals surface area (Å²) in [4.78, 5) is 1.22. The third-order valence-electron chi connectivity index (χ3n) is 5.63. The number of ether oxygens (including phenoxy) is 1. The number of fused-ring (bicyclic) bond motifs is 1. The third-order valence-corrected chi connectivity index (χ3v) is 6.75. The normalized spacial score (nSPS) is 24.8. The Bertz CT molecular complexity index is 965. The molecule has 1 aliphatic rings. The summed E-state index contributed by atoms with van der Waals surface area (Å²) >= 11 is 1.75. The number of hydrogen-bond donors (Lipinski definition) is 4. The van der Waals surface area contributed by atoms with Gasteiger partial charge in [-0.05, 0) is 47.2 Å². The van der Waals surface area contributed by atoms with Crippen LogP contribution in [0.2, 0.25) is 0 Å². The largest absolute Gasteiger partial charge is 0.508 e. The number of aryl methyl sites for hydroxylation is 1. The summed E-state index contributed by atoms with van der Waals surface area (Å²) in [6.45, 7) is 1.79.